The van der Waals surface area contributed by atoms with Gasteiger partial charge in [-0.15, -0.1) is 0 Å². The Kier molecular flexibility index (Phi) is 4.65. The molecule has 0 saturated heterocycles. The molecule has 0 spiro atoms. The molecule has 2 heteroatoms. The van der Waals surface area contributed by atoms with Crippen LogP contribution in [0.2, 0.25) is 0 Å². The summed E-state index contributed by atoms with van der Waals surface area (Å²) in [7, 11) is 0. The van der Waals surface area contributed by atoms with E-state index in [2.05, 4.69) is 41.7 Å². The van der Waals surface area contributed by atoms with Gasteiger partial charge in [-0.25, -0.2) is 0 Å². The van der Waals surface area contributed by atoms with Crippen molar-refractivity contribution in [3.8, 4) is 0 Å². The molecule has 0 amide bonds. The first-order valence-electron chi connectivity index (χ1n) is 7.64. The molecule has 113 valence electrons. The first-order chi connectivity index (χ1) is 11.4. The number of nitrogens with one attached hydrogen (secondary N) is 1. The fourth-order valence-electron chi connectivity index (χ4n) is 3.04. The molecule has 0 aromatic heterocycles. The normalized spacial score (nSPS) is 11.1. The van der Waals surface area contributed by atoms with Gasteiger partial charge in [0, 0.05) is 0 Å². The number of carbonyl (C=O) groups excluding carboxylic acids is 1. The van der Waals surface area contributed by atoms with E-state index < -0.39 is 5.54 Å². The number of benzene rings is 3. The van der Waals surface area contributed by atoms with E-state index >= 15 is 0 Å². The van der Waals surface area contributed by atoms with Crippen molar-refractivity contribution in [2.24, 2.45) is 0 Å². The Hall–Kier alpha value is -2.71. The van der Waals surface area contributed by atoms with Crippen LogP contribution in [0, 0.1) is 0 Å². The summed E-state index contributed by atoms with van der Waals surface area (Å²) in [6, 6.07) is 30.6. The van der Waals surface area contributed by atoms with Crippen LogP contribution < -0.4 is 5.32 Å². The van der Waals surface area contributed by atoms with Gasteiger partial charge < -0.3 is 0 Å². The van der Waals surface area contributed by atoms with Crippen LogP contribution >= 0.6 is 0 Å². The third kappa shape index (κ3) is 2.94. The Morgan fingerprint density at radius 3 is 1.30 bits per heavy atom. The van der Waals surface area contributed by atoms with Crippen molar-refractivity contribution in [2.45, 2.75) is 5.54 Å². The van der Waals surface area contributed by atoms with E-state index in [-0.39, 0.29) is 6.54 Å². The zero-order chi connectivity index (χ0) is 16.0. The monoisotopic (exact) mass is 300 g/mol. The molecule has 3 aromatic carbocycles. The second-order valence-electron chi connectivity index (χ2n) is 5.35. The molecule has 0 bridgehead atoms. The number of hydrogen-bond donors (Lipinski definition) is 1. The van der Waals surface area contributed by atoms with Gasteiger partial charge in [0.25, 0.3) is 0 Å². The maximum Gasteiger partial charge on any atom is 0.213 e. The molecule has 0 aliphatic rings. The van der Waals surface area contributed by atoms with Crippen molar-refractivity contribution in [1.29, 1.82) is 0 Å². The quantitative estimate of drug-likeness (QED) is 0.704. The Bertz CT molecular complexity index is 642. The molecule has 0 heterocycles. The molecule has 0 unspecified atom stereocenters. The third-order valence-electron chi connectivity index (χ3n) is 4.05. The third-order valence-corrected chi connectivity index (χ3v) is 4.05. The van der Waals surface area contributed by atoms with Gasteiger partial charge in [0.1, 0.15) is 0 Å². The van der Waals surface area contributed by atoms with Crippen LogP contribution in [0.1, 0.15) is 16.7 Å². The summed E-state index contributed by atoms with van der Waals surface area (Å²) in [5.74, 6) is 0. The fraction of sp³-hybridized carbons (Fsp3) is 0.0952. The summed E-state index contributed by atoms with van der Waals surface area (Å²) in [5.41, 5.74) is 2.69. The van der Waals surface area contributed by atoms with Gasteiger partial charge in [-0.1, -0.05) is 91.0 Å². The lowest BCUT2D eigenvalue weighted by molar-refractivity contribution is 0.488. The Balaban J connectivity index is 2.27. The van der Waals surface area contributed by atoms with Gasteiger partial charge >= 0.3 is 0 Å². The zero-order valence-corrected chi connectivity index (χ0v) is 12.8. The SMILES string of the molecule is O=[C]CNC(c1ccccc1)(c1ccccc1)c1ccccc1. The topological polar surface area (TPSA) is 29.1 Å². The second-order valence-corrected chi connectivity index (χ2v) is 5.35. The highest BCUT2D eigenvalue weighted by Gasteiger charge is 2.35. The van der Waals surface area contributed by atoms with E-state index in [0.29, 0.717) is 0 Å². The molecule has 3 rings (SSSR count). The standard InChI is InChI=1S/C21H18NO/c23-17-16-22-21(18-10-4-1-5-11-18,19-12-6-2-7-13-19)20-14-8-3-9-15-20/h1-15,22H,16H2. The summed E-state index contributed by atoms with van der Waals surface area (Å²) < 4.78 is 0. The first kappa shape index (κ1) is 15.2. The first-order valence-corrected chi connectivity index (χ1v) is 7.64. The van der Waals surface area contributed by atoms with Gasteiger partial charge in [0.2, 0.25) is 6.29 Å². The molecule has 0 aliphatic carbocycles. The van der Waals surface area contributed by atoms with Crippen LogP contribution in [0.15, 0.2) is 91.0 Å². The van der Waals surface area contributed by atoms with Crippen molar-refractivity contribution < 1.29 is 4.79 Å². The van der Waals surface area contributed by atoms with Crippen molar-refractivity contribution in [3.05, 3.63) is 108 Å². The molecule has 2 nitrogen and oxygen atoms in total. The highest BCUT2D eigenvalue weighted by atomic mass is 16.1. The predicted octanol–water partition coefficient (Wildman–Crippen LogP) is 3.68. The van der Waals surface area contributed by atoms with E-state index in [9.17, 15) is 4.79 Å². The van der Waals surface area contributed by atoms with E-state index in [1.54, 1.807) is 0 Å². The molecule has 3 aromatic rings. The minimum atomic E-state index is -0.582. The predicted molar refractivity (Wildman–Crippen MR) is 92.9 cm³/mol. The molecular formula is C21H18NO. The maximum atomic E-state index is 11.0. The molecule has 0 atom stereocenters. The van der Waals surface area contributed by atoms with Crippen LogP contribution in [-0.2, 0) is 10.3 Å². The highest BCUT2D eigenvalue weighted by molar-refractivity contribution is 5.56. The van der Waals surface area contributed by atoms with E-state index in [1.807, 2.05) is 60.9 Å². The molecular weight excluding hydrogens is 282 g/mol. The average Bonchev–Trinajstić information content (AvgIpc) is 2.65. The van der Waals surface area contributed by atoms with E-state index in [1.165, 1.54) is 0 Å². The van der Waals surface area contributed by atoms with Gasteiger partial charge in [-0.05, 0) is 16.7 Å². The van der Waals surface area contributed by atoms with Crippen molar-refractivity contribution in [1.82, 2.24) is 5.32 Å². The van der Waals surface area contributed by atoms with E-state index in [4.69, 9.17) is 0 Å². The lowest BCUT2D eigenvalue weighted by Gasteiger charge is -2.36. The summed E-state index contributed by atoms with van der Waals surface area (Å²) in [6.45, 7) is 0.151. The second kappa shape index (κ2) is 7.03. The fourth-order valence-corrected chi connectivity index (χ4v) is 3.04. The van der Waals surface area contributed by atoms with Crippen molar-refractivity contribution in [3.63, 3.8) is 0 Å². The van der Waals surface area contributed by atoms with Gasteiger partial charge in [0.15, 0.2) is 0 Å². The van der Waals surface area contributed by atoms with Crippen LogP contribution in [0.25, 0.3) is 0 Å². The Morgan fingerprint density at radius 2 is 1.00 bits per heavy atom. The van der Waals surface area contributed by atoms with E-state index in [0.717, 1.165) is 16.7 Å². The van der Waals surface area contributed by atoms with Gasteiger partial charge in [0.05, 0.1) is 12.1 Å². The maximum absolute atomic E-state index is 11.0. The summed E-state index contributed by atoms with van der Waals surface area (Å²) in [6.07, 6.45) is 1.97. The van der Waals surface area contributed by atoms with Crippen LogP contribution in [0.5, 0.6) is 0 Å². The van der Waals surface area contributed by atoms with Crippen molar-refractivity contribution in [2.75, 3.05) is 6.54 Å². The lowest BCUT2D eigenvalue weighted by atomic mass is 9.77. The molecule has 1 N–H and O–H groups in total. The molecule has 1 radical (unpaired) electrons. The van der Waals surface area contributed by atoms with Crippen LogP contribution in [0.4, 0.5) is 0 Å². The number of hydrogen-bond acceptors (Lipinski definition) is 2. The Labute approximate surface area is 136 Å². The van der Waals surface area contributed by atoms with Crippen molar-refractivity contribution >= 4 is 6.29 Å². The average molecular weight is 300 g/mol. The summed E-state index contributed by atoms with van der Waals surface area (Å²) in [5, 5.41) is 3.41. The molecule has 0 aliphatic heterocycles. The minimum absolute atomic E-state index is 0.151. The summed E-state index contributed by atoms with van der Waals surface area (Å²) in [4.78, 5) is 11.0. The molecule has 0 fully saturated rings. The minimum Gasteiger partial charge on any atom is -0.293 e. The van der Waals surface area contributed by atoms with Crippen LogP contribution in [0.3, 0.4) is 0 Å². The van der Waals surface area contributed by atoms with Gasteiger partial charge in [-0.3, -0.25) is 10.1 Å². The Morgan fingerprint density at radius 1 is 0.652 bits per heavy atom. The highest BCUT2D eigenvalue weighted by Crippen LogP contribution is 2.36. The number of rotatable bonds is 6. The molecule has 23 heavy (non-hydrogen) atoms. The largest absolute Gasteiger partial charge is 0.293 e. The smallest absolute Gasteiger partial charge is 0.213 e. The van der Waals surface area contributed by atoms with Crippen LogP contribution in [-0.4, -0.2) is 12.8 Å². The summed E-state index contributed by atoms with van der Waals surface area (Å²) >= 11 is 0. The molecule has 0 saturated carbocycles. The van der Waals surface area contributed by atoms with Gasteiger partial charge in [-0.2, -0.15) is 0 Å². The zero-order valence-electron chi connectivity index (χ0n) is 12.8. The lowest BCUT2D eigenvalue weighted by Crippen LogP contribution is -2.45.